The summed E-state index contributed by atoms with van der Waals surface area (Å²) in [5.74, 6) is 1.17. The Morgan fingerprint density at radius 3 is 2.62 bits per heavy atom. The summed E-state index contributed by atoms with van der Waals surface area (Å²) in [6.45, 7) is 7.60. The fourth-order valence-electron chi connectivity index (χ4n) is 4.62. The van der Waals surface area contributed by atoms with Gasteiger partial charge in [0.2, 0.25) is 0 Å². The molecule has 162 valence electrons. The maximum atomic E-state index is 5.17. The minimum Gasteiger partial charge on any atom is -0.298 e. The molecule has 1 aliphatic rings. The number of benzene rings is 1. The molecule has 5 rings (SSSR count). The molecule has 5 heteroatoms. The Morgan fingerprint density at radius 1 is 1.00 bits per heavy atom. The highest BCUT2D eigenvalue weighted by atomic mass is 32.1. The number of pyridine rings is 1. The van der Waals surface area contributed by atoms with Crippen LogP contribution in [-0.2, 0) is 6.54 Å². The molecule has 1 saturated heterocycles. The molecule has 4 aromatic rings. The average Bonchev–Trinajstić information content (AvgIpc) is 3.24. The summed E-state index contributed by atoms with van der Waals surface area (Å²) in [5, 5.41) is 2.20. The first kappa shape index (κ1) is 21.0. The summed E-state index contributed by atoms with van der Waals surface area (Å²) in [5.41, 5.74) is 7.25. The topological polar surface area (TPSA) is 41.9 Å². The predicted molar refractivity (Wildman–Crippen MR) is 132 cm³/mol. The Morgan fingerprint density at radius 2 is 1.84 bits per heavy atom. The maximum Gasteiger partial charge on any atom is 0.159 e. The van der Waals surface area contributed by atoms with Crippen molar-refractivity contribution in [3.05, 3.63) is 88.1 Å². The Balaban J connectivity index is 1.52. The van der Waals surface area contributed by atoms with Crippen LogP contribution < -0.4 is 0 Å². The maximum absolute atomic E-state index is 5.17. The zero-order chi connectivity index (χ0) is 21.9. The standard InChI is InChI=1S/C27H28N4S/c1-19-6-3-4-8-23(19)24-16-29-27(21-9-12-28-13-10-21)30-26(24)22-7-5-14-31(17-22)18-25-20(2)11-15-32-25/h3-4,6,8-13,15-16,22H,5,7,14,17-18H2,1-2H3. The predicted octanol–water partition coefficient (Wildman–Crippen LogP) is 6.26. The third-order valence-electron chi connectivity index (χ3n) is 6.42. The van der Waals surface area contributed by atoms with Gasteiger partial charge in [-0.15, -0.1) is 11.3 Å². The Bertz CT molecular complexity index is 1200. The van der Waals surface area contributed by atoms with Crippen molar-refractivity contribution in [2.75, 3.05) is 13.1 Å². The van der Waals surface area contributed by atoms with E-state index >= 15 is 0 Å². The number of thiophene rings is 1. The van der Waals surface area contributed by atoms with Crippen LogP contribution in [0.2, 0.25) is 0 Å². The van der Waals surface area contributed by atoms with Crippen LogP contribution >= 0.6 is 11.3 Å². The largest absolute Gasteiger partial charge is 0.298 e. The molecule has 3 aromatic heterocycles. The van der Waals surface area contributed by atoms with Crippen LogP contribution in [0.15, 0.2) is 66.4 Å². The van der Waals surface area contributed by atoms with Crippen LogP contribution in [0.4, 0.5) is 0 Å². The minimum atomic E-state index is 0.391. The van der Waals surface area contributed by atoms with Crippen molar-refractivity contribution in [3.63, 3.8) is 0 Å². The van der Waals surface area contributed by atoms with Crippen molar-refractivity contribution in [1.82, 2.24) is 19.9 Å². The lowest BCUT2D eigenvalue weighted by Crippen LogP contribution is -2.34. The lowest BCUT2D eigenvalue weighted by Gasteiger charge is -2.33. The van der Waals surface area contributed by atoms with Crippen LogP contribution in [-0.4, -0.2) is 32.9 Å². The Hall–Kier alpha value is -2.89. The van der Waals surface area contributed by atoms with Gasteiger partial charge in [-0.3, -0.25) is 9.88 Å². The van der Waals surface area contributed by atoms with Gasteiger partial charge in [-0.1, -0.05) is 24.3 Å². The summed E-state index contributed by atoms with van der Waals surface area (Å²) in [6, 6.07) is 14.8. The number of nitrogens with zero attached hydrogens (tertiary/aromatic N) is 4. The highest BCUT2D eigenvalue weighted by Crippen LogP contribution is 2.36. The summed E-state index contributed by atoms with van der Waals surface area (Å²) in [4.78, 5) is 18.2. The second-order valence-electron chi connectivity index (χ2n) is 8.64. The lowest BCUT2D eigenvalue weighted by molar-refractivity contribution is 0.200. The molecule has 0 spiro atoms. The molecule has 1 aromatic carbocycles. The van der Waals surface area contributed by atoms with E-state index in [1.54, 1.807) is 12.4 Å². The van der Waals surface area contributed by atoms with Gasteiger partial charge < -0.3 is 0 Å². The van der Waals surface area contributed by atoms with E-state index in [-0.39, 0.29) is 0 Å². The number of aryl methyl sites for hydroxylation is 2. The van der Waals surface area contributed by atoms with Gasteiger partial charge in [-0.05, 0) is 73.5 Å². The molecule has 32 heavy (non-hydrogen) atoms. The van der Waals surface area contributed by atoms with E-state index < -0.39 is 0 Å². The number of hydrogen-bond acceptors (Lipinski definition) is 5. The molecule has 1 fully saturated rings. The number of piperidine rings is 1. The molecule has 1 unspecified atom stereocenters. The zero-order valence-electron chi connectivity index (χ0n) is 18.7. The van der Waals surface area contributed by atoms with Crippen molar-refractivity contribution in [3.8, 4) is 22.5 Å². The zero-order valence-corrected chi connectivity index (χ0v) is 19.5. The van der Waals surface area contributed by atoms with E-state index in [9.17, 15) is 0 Å². The fraction of sp³-hybridized carbons (Fsp3) is 0.296. The van der Waals surface area contributed by atoms with Gasteiger partial charge in [0, 0.05) is 53.6 Å². The molecule has 0 bridgehead atoms. The van der Waals surface area contributed by atoms with Crippen LogP contribution in [0.3, 0.4) is 0 Å². The van der Waals surface area contributed by atoms with Gasteiger partial charge >= 0.3 is 0 Å². The summed E-state index contributed by atoms with van der Waals surface area (Å²) < 4.78 is 0. The van der Waals surface area contributed by atoms with Crippen molar-refractivity contribution in [2.24, 2.45) is 0 Å². The molecule has 0 aliphatic carbocycles. The molecule has 1 aliphatic heterocycles. The molecular formula is C27H28N4S. The molecule has 0 radical (unpaired) electrons. The SMILES string of the molecule is Cc1ccccc1-c1cnc(-c2ccncc2)nc1C1CCCN(Cc2sccc2C)C1. The van der Waals surface area contributed by atoms with E-state index in [1.165, 1.54) is 39.2 Å². The molecule has 0 amide bonds. The van der Waals surface area contributed by atoms with Crippen LogP contribution in [0, 0.1) is 13.8 Å². The second-order valence-corrected chi connectivity index (χ2v) is 9.65. The Labute approximate surface area is 194 Å². The number of hydrogen-bond donors (Lipinski definition) is 0. The third kappa shape index (κ3) is 4.36. The van der Waals surface area contributed by atoms with E-state index in [0.29, 0.717) is 5.92 Å². The first-order valence-electron chi connectivity index (χ1n) is 11.3. The van der Waals surface area contributed by atoms with Crippen molar-refractivity contribution < 1.29 is 0 Å². The second kappa shape index (κ2) is 9.31. The Kier molecular flexibility index (Phi) is 6.10. The third-order valence-corrected chi connectivity index (χ3v) is 7.43. The smallest absolute Gasteiger partial charge is 0.159 e. The summed E-state index contributed by atoms with van der Waals surface area (Å²) in [7, 11) is 0. The van der Waals surface area contributed by atoms with Crippen LogP contribution in [0.1, 0.15) is 40.5 Å². The van der Waals surface area contributed by atoms with Gasteiger partial charge in [0.1, 0.15) is 0 Å². The highest BCUT2D eigenvalue weighted by Gasteiger charge is 2.26. The number of aromatic nitrogens is 3. The monoisotopic (exact) mass is 440 g/mol. The van der Waals surface area contributed by atoms with Crippen LogP contribution in [0.5, 0.6) is 0 Å². The lowest BCUT2D eigenvalue weighted by atomic mass is 9.88. The first-order valence-corrected chi connectivity index (χ1v) is 12.2. The normalized spacial score (nSPS) is 16.9. The van der Waals surface area contributed by atoms with E-state index in [2.05, 4.69) is 59.4 Å². The van der Waals surface area contributed by atoms with Crippen molar-refractivity contribution in [1.29, 1.82) is 0 Å². The summed E-state index contributed by atoms with van der Waals surface area (Å²) >= 11 is 1.87. The van der Waals surface area contributed by atoms with Gasteiger partial charge in [0.15, 0.2) is 5.82 Å². The molecular weight excluding hydrogens is 412 g/mol. The van der Waals surface area contributed by atoms with E-state index in [1.807, 2.05) is 29.7 Å². The highest BCUT2D eigenvalue weighted by molar-refractivity contribution is 7.10. The molecule has 4 nitrogen and oxygen atoms in total. The summed E-state index contributed by atoms with van der Waals surface area (Å²) in [6.07, 6.45) is 7.99. The van der Waals surface area contributed by atoms with Gasteiger partial charge in [0.25, 0.3) is 0 Å². The fourth-order valence-corrected chi connectivity index (χ4v) is 5.57. The number of likely N-dealkylation sites (tertiary alicyclic amines) is 1. The van der Waals surface area contributed by atoms with Gasteiger partial charge in [-0.25, -0.2) is 9.97 Å². The molecule has 0 saturated carbocycles. The average molecular weight is 441 g/mol. The quantitative estimate of drug-likeness (QED) is 0.367. The van der Waals surface area contributed by atoms with Crippen LogP contribution in [0.25, 0.3) is 22.5 Å². The number of rotatable bonds is 5. The minimum absolute atomic E-state index is 0.391. The van der Waals surface area contributed by atoms with Crippen molar-refractivity contribution >= 4 is 11.3 Å². The van der Waals surface area contributed by atoms with E-state index in [0.717, 1.165) is 37.4 Å². The van der Waals surface area contributed by atoms with E-state index in [4.69, 9.17) is 9.97 Å². The van der Waals surface area contributed by atoms with Crippen molar-refractivity contribution in [2.45, 2.75) is 39.2 Å². The molecule has 0 N–H and O–H groups in total. The van der Waals surface area contributed by atoms with Gasteiger partial charge in [-0.2, -0.15) is 0 Å². The first-order chi connectivity index (χ1) is 15.7. The molecule has 4 heterocycles. The molecule has 1 atom stereocenters. The van der Waals surface area contributed by atoms with Gasteiger partial charge in [0.05, 0.1) is 5.69 Å².